The molecule has 21 heavy (non-hydrogen) atoms. The molecule has 1 aliphatic heterocycles. The van der Waals surface area contributed by atoms with Gasteiger partial charge in [0.2, 0.25) is 0 Å². The third-order valence-electron chi connectivity index (χ3n) is 4.01. The van der Waals surface area contributed by atoms with E-state index in [0.717, 1.165) is 45.8 Å². The first-order valence-corrected chi connectivity index (χ1v) is 8.55. The van der Waals surface area contributed by atoms with Gasteiger partial charge in [-0.2, -0.15) is 0 Å². The van der Waals surface area contributed by atoms with Gasteiger partial charge in [0.25, 0.3) is 0 Å². The maximum Gasteiger partial charge on any atom is 0.0935 e. The summed E-state index contributed by atoms with van der Waals surface area (Å²) in [6.07, 6.45) is 2.12. The molecule has 0 radical (unpaired) electrons. The Morgan fingerprint density at radius 2 is 2.29 bits per heavy atom. The van der Waals surface area contributed by atoms with Crippen LogP contribution in [-0.4, -0.2) is 45.0 Å². The maximum absolute atomic E-state index is 5.67. The van der Waals surface area contributed by atoms with E-state index in [1.54, 1.807) is 18.4 Å². The first kappa shape index (κ1) is 16.9. The van der Waals surface area contributed by atoms with E-state index < -0.39 is 0 Å². The molecule has 1 aliphatic rings. The molecule has 5 heteroatoms. The molecule has 1 aromatic rings. The van der Waals surface area contributed by atoms with E-state index in [1.165, 1.54) is 10.7 Å². The highest BCUT2D eigenvalue weighted by molar-refractivity contribution is 7.09. The van der Waals surface area contributed by atoms with Crippen LogP contribution in [0.4, 0.5) is 0 Å². The number of ether oxygens (including phenoxy) is 2. The number of aromatic nitrogens is 1. The molecule has 0 saturated carbocycles. The van der Waals surface area contributed by atoms with Crippen molar-refractivity contribution in [1.29, 1.82) is 0 Å². The standard InChI is InChI=1S/C16H28N2O2S/c1-15(2,3)13-10-21-14(18-13)9-16(5-7-20-12-16)11-17-6-8-19-4/h10,17H,5-9,11-12H2,1-4H3. The summed E-state index contributed by atoms with van der Waals surface area (Å²) < 4.78 is 10.8. The predicted molar refractivity (Wildman–Crippen MR) is 87.1 cm³/mol. The second-order valence-corrected chi connectivity index (χ2v) is 7.97. The first-order chi connectivity index (χ1) is 9.95. The molecular formula is C16H28N2O2S. The molecule has 0 aliphatic carbocycles. The predicted octanol–water partition coefficient (Wildman–Crippen LogP) is 2.63. The van der Waals surface area contributed by atoms with Gasteiger partial charge in [-0.25, -0.2) is 4.98 Å². The molecule has 2 rings (SSSR count). The lowest BCUT2D eigenvalue weighted by Crippen LogP contribution is -2.38. The van der Waals surface area contributed by atoms with Crippen molar-refractivity contribution in [3.63, 3.8) is 0 Å². The summed E-state index contributed by atoms with van der Waals surface area (Å²) in [6.45, 7) is 11.0. The highest BCUT2D eigenvalue weighted by Crippen LogP contribution is 2.34. The number of nitrogens with zero attached hydrogens (tertiary/aromatic N) is 1. The Balaban J connectivity index is 1.97. The van der Waals surface area contributed by atoms with Gasteiger partial charge in [-0.1, -0.05) is 20.8 Å². The number of nitrogens with one attached hydrogen (secondary N) is 1. The van der Waals surface area contributed by atoms with Crippen LogP contribution in [0.15, 0.2) is 5.38 Å². The van der Waals surface area contributed by atoms with E-state index in [-0.39, 0.29) is 10.8 Å². The van der Waals surface area contributed by atoms with E-state index in [4.69, 9.17) is 14.5 Å². The third kappa shape index (κ3) is 4.74. The van der Waals surface area contributed by atoms with Crippen molar-refractivity contribution >= 4 is 11.3 Å². The normalized spacial score (nSPS) is 22.9. The van der Waals surface area contributed by atoms with Crippen molar-refractivity contribution in [3.05, 3.63) is 16.1 Å². The summed E-state index contributed by atoms with van der Waals surface area (Å²) >= 11 is 1.79. The lowest BCUT2D eigenvalue weighted by molar-refractivity contribution is 0.144. The minimum Gasteiger partial charge on any atom is -0.383 e. The van der Waals surface area contributed by atoms with E-state index in [9.17, 15) is 0 Å². The van der Waals surface area contributed by atoms with Gasteiger partial charge in [0.05, 0.1) is 23.9 Å². The Kier molecular flexibility index (Phi) is 5.77. The van der Waals surface area contributed by atoms with Crippen molar-refractivity contribution in [2.24, 2.45) is 5.41 Å². The minimum absolute atomic E-state index is 0.130. The average molecular weight is 312 g/mol. The molecule has 0 bridgehead atoms. The second-order valence-electron chi connectivity index (χ2n) is 7.03. The highest BCUT2D eigenvalue weighted by atomic mass is 32.1. The number of thiazole rings is 1. The van der Waals surface area contributed by atoms with Crippen LogP contribution in [0.2, 0.25) is 0 Å². The molecule has 1 unspecified atom stereocenters. The fraction of sp³-hybridized carbons (Fsp3) is 0.812. The Labute approximate surface area is 132 Å². The molecule has 1 N–H and O–H groups in total. The molecule has 120 valence electrons. The van der Waals surface area contributed by atoms with Gasteiger partial charge in [-0.15, -0.1) is 11.3 Å². The number of rotatable bonds is 7. The van der Waals surface area contributed by atoms with Crippen molar-refractivity contribution in [2.75, 3.05) is 40.0 Å². The van der Waals surface area contributed by atoms with Gasteiger partial charge in [0, 0.05) is 49.4 Å². The lowest BCUT2D eigenvalue weighted by atomic mass is 9.83. The number of methoxy groups -OCH3 is 1. The number of hydrogen-bond acceptors (Lipinski definition) is 5. The second kappa shape index (κ2) is 7.18. The molecule has 0 amide bonds. The van der Waals surface area contributed by atoms with Gasteiger partial charge in [0.15, 0.2) is 0 Å². The van der Waals surface area contributed by atoms with Crippen molar-refractivity contribution in [1.82, 2.24) is 10.3 Å². The van der Waals surface area contributed by atoms with Crippen molar-refractivity contribution in [3.8, 4) is 0 Å². The maximum atomic E-state index is 5.67. The monoisotopic (exact) mass is 312 g/mol. The van der Waals surface area contributed by atoms with Crippen LogP contribution in [0.5, 0.6) is 0 Å². The van der Waals surface area contributed by atoms with Crippen LogP contribution in [0.25, 0.3) is 0 Å². The zero-order chi connectivity index (χ0) is 15.3. The minimum atomic E-state index is 0.130. The summed E-state index contributed by atoms with van der Waals surface area (Å²) in [6, 6.07) is 0. The molecule has 1 aromatic heterocycles. The molecule has 1 saturated heterocycles. The molecule has 0 spiro atoms. The molecule has 2 heterocycles. The molecule has 0 aromatic carbocycles. The Hall–Kier alpha value is -0.490. The molecule has 1 fully saturated rings. The summed E-state index contributed by atoms with van der Waals surface area (Å²) in [4.78, 5) is 4.84. The van der Waals surface area contributed by atoms with E-state index in [1.807, 2.05) is 0 Å². The summed E-state index contributed by atoms with van der Waals surface area (Å²) in [5.74, 6) is 0. The van der Waals surface area contributed by atoms with E-state index in [2.05, 4.69) is 31.5 Å². The van der Waals surface area contributed by atoms with Crippen LogP contribution >= 0.6 is 11.3 Å². The lowest BCUT2D eigenvalue weighted by Gasteiger charge is -2.27. The van der Waals surface area contributed by atoms with Crippen molar-refractivity contribution in [2.45, 2.75) is 39.0 Å². The van der Waals surface area contributed by atoms with Gasteiger partial charge < -0.3 is 14.8 Å². The Morgan fingerprint density at radius 3 is 2.86 bits per heavy atom. The zero-order valence-electron chi connectivity index (χ0n) is 13.7. The van der Waals surface area contributed by atoms with Crippen LogP contribution in [-0.2, 0) is 21.3 Å². The van der Waals surface area contributed by atoms with Gasteiger partial charge in [-0.3, -0.25) is 0 Å². The summed E-state index contributed by atoms with van der Waals surface area (Å²) in [5.41, 5.74) is 1.52. The van der Waals surface area contributed by atoms with E-state index >= 15 is 0 Å². The largest absolute Gasteiger partial charge is 0.383 e. The Bertz CT molecular complexity index is 434. The zero-order valence-corrected chi connectivity index (χ0v) is 14.5. The topological polar surface area (TPSA) is 43.4 Å². The van der Waals surface area contributed by atoms with Gasteiger partial charge in [-0.05, 0) is 6.42 Å². The van der Waals surface area contributed by atoms with Gasteiger partial charge in [0.1, 0.15) is 0 Å². The van der Waals surface area contributed by atoms with Crippen LogP contribution in [0.3, 0.4) is 0 Å². The van der Waals surface area contributed by atoms with Crippen molar-refractivity contribution < 1.29 is 9.47 Å². The molecule has 4 nitrogen and oxygen atoms in total. The van der Waals surface area contributed by atoms with Crippen LogP contribution in [0.1, 0.15) is 37.9 Å². The summed E-state index contributed by atoms with van der Waals surface area (Å²) in [5, 5.41) is 6.94. The highest BCUT2D eigenvalue weighted by Gasteiger charge is 2.36. The first-order valence-electron chi connectivity index (χ1n) is 7.67. The summed E-state index contributed by atoms with van der Waals surface area (Å²) in [7, 11) is 1.74. The molecular weight excluding hydrogens is 284 g/mol. The van der Waals surface area contributed by atoms with Crippen LogP contribution < -0.4 is 5.32 Å². The quantitative estimate of drug-likeness (QED) is 0.786. The smallest absolute Gasteiger partial charge is 0.0935 e. The fourth-order valence-electron chi connectivity index (χ4n) is 2.58. The number of hydrogen-bond donors (Lipinski definition) is 1. The van der Waals surface area contributed by atoms with Gasteiger partial charge >= 0.3 is 0 Å². The molecule has 1 atom stereocenters. The Morgan fingerprint density at radius 1 is 1.48 bits per heavy atom. The third-order valence-corrected chi connectivity index (χ3v) is 4.86. The SMILES string of the molecule is COCCNCC1(Cc2nc(C(C)(C)C)cs2)CCOC1. The fourth-order valence-corrected chi connectivity index (χ4v) is 3.77. The van der Waals surface area contributed by atoms with Crippen LogP contribution in [0, 0.1) is 5.41 Å². The average Bonchev–Trinajstić information content (AvgIpc) is 3.05. The van der Waals surface area contributed by atoms with E-state index in [0.29, 0.717) is 0 Å².